The lowest BCUT2D eigenvalue weighted by Crippen LogP contribution is -2.32. The number of hydrogen-bond acceptors (Lipinski definition) is 7. The number of aromatic hydroxyl groups is 1. The molecule has 3 aromatic rings. The Hall–Kier alpha value is -3.46. The molecule has 0 aliphatic heterocycles. The third-order valence-corrected chi connectivity index (χ3v) is 4.28. The summed E-state index contributed by atoms with van der Waals surface area (Å²) in [5, 5.41) is 25.0. The van der Waals surface area contributed by atoms with E-state index < -0.39 is 22.5 Å². The fourth-order valence-corrected chi connectivity index (χ4v) is 2.91. The van der Waals surface area contributed by atoms with Gasteiger partial charge in [0.05, 0.1) is 22.6 Å². The average Bonchev–Trinajstić information content (AvgIpc) is 2.67. The van der Waals surface area contributed by atoms with Crippen LogP contribution in [0.1, 0.15) is 23.7 Å². The van der Waals surface area contributed by atoms with Gasteiger partial charge in [-0.3, -0.25) is 14.4 Å². The number of aliphatic hydroxyl groups is 1. The lowest BCUT2D eigenvalue weighted by atomic mass is 10.1. The van der Waals surface area contributed by atoms with E-state index in [4.69, 9.17) is 0 Å². The number of phenolic OH excluding ortho intramolecular Hbond substituents is 1. The number of rotatable bonds is 6. The Morgan fingerprint density at radius 2 is 1.93 bits per heavy atom. The van der Waals surface area contributed by atoms with Crippen molar-refractivity contribution in [3.63, 3.8) is 0 Å². The van der Waals surface area contributed by atoms with Gasteiger partial charge in [0.25, 0.3) is 5.91 Å². The predicted octanol–water partition coefficient (Wildman–Crippen LogP) is -0.114. The normalized spacial score (nSPS) is 12.0. The molecule has 0 saturated carbocycles. The van der Waals surface area contributed by atoms with Gasteiger partial charge in [-0.15, -0.1) is 0 Å². The molecule has 0 fully saturated rings. The van der Waals surface area contributed by atoms with Gasteiger partial charge < -0.3 is 25.8 Å². The molecule has 0 aliphatic rings. The number of fused-ring (bicyclic) bond motifs is 2. The van der Waals surface area contributed by atoms with Gasteiger partial charge in [0, 0.05) is 19.2 Å². The van der Waals surface area contributed by atoms with Crippen molar-refractivity contribution in [3.8, 4) is 5.75 Å². The van der Waals surface area contributed by atoms with Crippen LogP contribution >= 0.6 is 0 Å². The lowest BCUT2D eigenvalue weighted by molar-refractivity contribution is 0.0955. The van der Waals surface area contributed by atoms with Crippen molar-refractivity contribution in [1.82, 2.24) is 20.6 Å². The highest BCUT2D eigenvalue weighted by Gasteiger charge is 2.16. The van der Waals surface area contributed by atoms with E-state index in [0.717, 1.165) is 19.0 Å². The van der Waals surface area contributed by atoms with Crippen molar-refractivity contribution in [2.75, 3.05) is 19.6 Å². The Balaban J connectivity index is 2.12. The molecule has 0 bridgehead atoms. The van der Waals surface area contributed by atoms with Crippen LogP contribution in [-0.4, -0.2) is 45.7 Å². The fourth-order valence-electron chi connectivity index (χ4n) is 2.91. The highest BCUT2D eigenvalue weighted by atomic mass is 16.3. The number of nitrogens with zero attached hydrogens (tertiary/aromatic N) is 1. The number of H-pyrrole nitrogens is 1. The molecule has 0 spiro atoms. The summed E-state index contributed by atoms with van der Waals surface area (Å²) in [4.78, 5) is 44.0. The number of aromatic nitrogens is 2. The van der Waals surface area contributed by atoms with E-state index in [9.17, 15) is 24.6 Å². The maximum absolute atomic E-state index is 12.5. The fraction of sp³-hybridized carbons (Fsp3) is 0.263. The van der Waals surface area contributed by atoms with Gasteiger partial charge in [-0.05, 0) is 25.1 Å². The topological polar surface area (TPSA) is 144 Å². The van der Waals surface area contributed by atoms with Crippen molar-refractivity contribution in [2.24, 2.45) is 0 Å². The molecule has 146 valence electrons. The molecule has 0 unspecified atom stereocenters. The number of aromatic amines is 1. The summed E-state index contributed by atoms with van der Waals surface area (Å²) in [6.45, 7) is 3.88. The second-order valence-electron chi connectivity index (χ2n) is 6.24. The Kier molecular flexibility index (Phi) is 5.55. The first kappa shape index (κ1) is 19.3. The van der Waals surface area contributed by atoms with Crippen LogP contribution in [0.25, 0.3) is 28.3 Å². The van der Waals surface area contributed by atoms with Crippen LogP contribution in [0.15, 0.2) is 27.8 Å². The highest BCUT2D eigenvalue weighted by Crippen LogP contribution is 2.15. The standard InChI is InChI=1S/C19H20N4O5/c1-2-5-20-6-7-21-19(28)10-3-4-12(25)17-15(10)22-18-14(27)8-13(26)11(9-24)16(18)23-17/h3-4,8-9,20,22,24,26H,2,5-7H2,1H3,(H,21,28). The molecule has 1 amide bonds. The minimum atomic E-state index is -0.584. The number of hydrogen-bond donors (Lipinski definition) is 5. The number of amides is 1. The van der Waals surface area contributed by atoms with Crippen molar-refractivity contribution in [1.29, 1.82) is 0 Å². The minimum absolute atomic E-state index is 0.0325. The molecule has 0 radical (unpaired) electrons. The van der Waals surface area contributed by atoms with E-state index >= 15 is 0 Å². The number of benzene rings is 2. The Morgan fingerprint density at radius 1 is 1.14 bits per heavy atom. The van der Waals surface area contributed by atoms with Crippen LogP contribution in [0.3, 0.4) is 0 Å². The third-order valence-electron chi connectivity index (χ3n) is 4.28. The molecular formula is C19H20N4O5. The number of carbonyl (C=O) groups excluding carboxylic acids is 1. The summed E-state index contributed by atoms with van der Waals surface area (Å²) in [6.07, 6.45) is 1.59. The smallest absolute Gasteiger partial charge is 0.253 e. The average molecular weight is 384 g/mol. The van der Waals surface area contributed by atoms with Crippen molar-refractivity contribution < 1.29 is 15.0 Å². The molecule has 1 heterocycles. The summed E-state index contributed by atoms with van der Waals surface area (Å²) < 4.78 is 0. The first-order valence-corrected chi connectivity index (χ1v) is 8.84. The number of nitrogens with one attached hydrogen (secondary N) is 3. The Labute approximate surface area is 158 Å². The molecule has 3 rings (SSSR count). The lowest BCUT2D eigenvalue weighted by Gasteiger charge is -2.09. The van der Waals surface area contributed by atoms with E-state index in [1.807, 2.05) is 6.92 Å². The van der Waals surface area contributed by atoms with Crippen LogP contribution in [-0.2, 0) is 0 Å². The first-order chi connectivity index (χ1) is 13.5. The third kappa shape index (κ3) is 3.52. The maximum Gasteiger partial charge on any atom is 0.253 e. The van der Waals surface area contributed by atoms with Crippen molar-refractivity contribution >= 4 is 34.2 Å². The summed E-state index contributed by atoms with van der Waals surface area (Å²) in [5.41, 5.74) is -0.925. The largest absolute Gasteiger partial charge is 0.515 e. The molecule has 9 heteroatoms. The second-order valence-corrected chi connectivity index (χ2v) is 6.24. The molecule has 28 heavy (non-hydrogen) atoms. The summed E-state index contributed by atoms with van der Waals surface area (Å²) in [7, 11) is 0. The molecule has 0 aliphatic carbocycles. The molecule has 2 aromatic carbocycles. The van der Waals surface area contributed by atoms with Gasteiger partial charge in [-0.25, -0.2) is 4.98 Å². The molecule has 5 N–H and O–H groups in total. The summed E-state index contributed by atoms with van der Waals surface area (Å²) in [6, 6.07) is 3.50. The maximum atomic E-state index is 12.5. The van der Waals surface area contributed by atoms with Crippen molar-refractivity contribution in [2.45, 2.75) is 13.3 Å². The van der Waals surface area contributed by atoms with Crippen LogP contribution < -0.4 is 26.7 Å². The number of carbonyl (C=O) groups is 1. The second kappa shape index (κ2) is 8.05. The molecule has 1 aromatic heterocycles. The molecular weight excluding hydrogens is 364 g/mol. The first-order valence-electron chi connectivity index (χ1n) is 8.84. The summed E-state index contributed by atoms with van der Waals surface area (Å²) in [5.74, 6) is -0.873. The number of aliphatic hydroxyl groups excluding tert-OH is 1. The number of phenols is 1. The Morgan fingerprint density at radius 3 is 2.64 bits per heavy atom. The van der Waals surface area contributed by atoms with Crippen LogP contribution in [0.4, 0.5) is 0 Å². The van der Waals surface area contributed by atoms with E-state index in [0.29, 0.717) is 19.4 Å². The molecule has 0 atom stereocenters. The predicted molar refractivity (Wildman–Crippen MR) is 106 cm³/mol. The van der Waals surface area contributed by atoms with Gasteiger partial charge in [-0.1, -0.05) is 6.92 Å². The van der Waals surface area contributed by atoms with Crippen LogP contribution in [0.2, 0.25) is 0 Å². The molecule has 0 saturated heterocycles. The van der Waals surface area contributed by atoms with Crippen molar-refractivity contribution in [3.05, 3.63) is 49.4 Å². The van der Waals surface area contributed by atoms with E-state index in [1.54, 1.807) is 0 Å². The van der Waals surface area contributed by atoms with Crippen LogP contribution in [0.5, 0.6) is 5.75 Å². The Bertz CT molecular complexity index is 1220. The zero-order valence-electron chi connectivity index (χ0n) is 15.2. The highest BCUT2D eigenvalue weighted by molar-refractivity contribution is 6.06. The zero-order chi connectivity index (χ0) is 20.3. The zero-order valence-corrected chi connectivity index (χ0v) is 15.2. The van der Waals surface area contributed by atoms with Gasteiger partial charge in [0.1, 0.15) is 22.3 Å². The molecule has 9 nitrogen and oxygen atoms in total. The van der Waals surface area contributed by atoms with E-state index in [1.165, 1.54) is 12.1 Å². The van der Waals surface area contributed by atoms with E-state index in [2.05, 4.69) is 20.6 Å². The monoisotopic (exact) mass is 384 g/mol. The summed E-state index contributed by atoms with van der Waals surface area (Å²) >= 11 is 0. The van der Waals surface area contributed by atoms with Gasteiger partial charge >= 0.3 is 0 Å². The van der Waals surface area contributed by atoms with Gasteiger partial charge in [0.15, 0.2) is 0 Å². The van der Waals surface area contributed by atoms with Gasteiger partial charge in [0.2, 0.25) is 10.9 Å². The SMILES string of the molecule is CCCNCCNC(=O)c1ccc(=O)c2nc3c(=CO)c(O)cc(=O)c3[nH]c12. The quantitative estimate of drug-likeness (QED) is 0.294. The van der Waals surface area contributed by atoms with E-state index in [-0.39, 0.29) is 32.8 Å². The van der Waals surface area contributed by atoms with Gasteiger partial charge in [-0.2, -0.15) is 0 Å². The minimum Gasteiger partial charge on any atom is -0.515 e. The van der Waals surface area contributed by atoms with Crippen LogP contribution in [0, 0.1) is 0 Å².